The number of ether oxygens (including phenoxy) is 1. The van der Waals surface area contributed by atoms with Gasteiger partial charge in [0, 0.05) is 5.54 Å². The van der Waals surface area contributed by atoms with Crippen molar-refractivity contribution in [3.63, 3.8) is 0 Å². The minimum atomic E-state index is -0.457. The molecule has 0 heterocycles. The second-order valence-corrected chi connectivity index (χ2v) is 8.44. The summed E-state index contributed by atoms with van der Waals surface area (Å²) in [6.07, 6.45) is 8.87. The van der Waals surface area contributed by atoms with Crippen LogP contribution >= 0.6 is 0 Å². The molecule has 0 aliphatic rings. The van der Waals surface area contributed by atoms with Crippen LogP contribution in [0.3, 0.4) is 0 Å². The molecule has 0 amide bonds. The summed E-state index contributed by atoms with van der Waals surface area (Å²) in [5.41, 5.74) is 6.94. The van der Waals surface area contributed by atoms with Gasteiger partial charge in [-0.05, 0) is 61.6 Å². The van der Waals surface area contributed by atoms with Crippen LogP contribution in [0.5, 0.6) is 5.75 Å². The van der Waals surface area contributed by atoms with E-state index in [9.17, 15) is 5.11 Å². The van der Waals surface area contributed by atoms with Crippen molar-refractivity contribution in [3.8, 4) is 5.75 Å². The Bertz CT molecular complexity index is 466. The van der Waals surface area contributed by atoms with Gasteiger partial charge in [0.1, 0.15) is 5.75 Å². The Morgan fingerprint density at radius 1 is 1.04 bits per heavy atom. The highest BCUT2D eigenvalue weighted by Crippen LogP contribution is 2.19. The summed E-state index contributed by atoms with van der Waals surface area (Å²) in [6, 6.07) is 8.31. The Labute approximate surface area is 161 Å². The van der Waals surface area contributed by atoms with Crippen LogP contribution in [-0.2, 0) is 6.42 Å². The van der Waals surface area contributed by atoms with Gasteiger partial charge in [-0.3, -0.25) is 0 Å². The van der Waals surface area contributed by atoms with Crippen molar-refractivity contribution in [2.24, 2.45) is 17.6 Å². The fraction of sp³-hybridized carbons (Fsp3) is 0.739. The SMILES string of the molecule is CC[C@@](N)(CO)CCc1ccc(OCCCC(C)CCCC(C)C)cc1. The summed E-state index contributed by atoms with van der Waals surface area (Å²) >= 11 is 0. The largest absolute Gasteiger partial charge is 0.494 e. The lowest BCUT2D eigenvalue weighted by molar-refractivity contribution is 0.183. The van der Waals surface area contributed by atoms with Crippen molar-refractivity contribution in [1.82, 2.24) is 0 Å². The van der Waals surface area contributed by atoms with Crippen LogP contribution in [0.15, 0.2) is 24.3 Å². The zero-order valence-corrected chi connectivity index (χ0v) is 17.5. The number of aliphatic hydroxyl groups is 1. The Morgan fingerprint density at radius 3 is 2.27 bits per heavy atom. The molecule has 2 atom stereocenters. The van der Waals surface area contributed by atoms with Gasteiger partial charge in [0.15, 0.2) is 0 Å². The molecule has 0 aliphatic heterocycles. The average molecular weight is 364 g/mol. The molecule has 0 saturated heterocycles. The summed E-state index contributed by atoms with van der Waals surface area (Å²) < 4.78 is 5.88. The lowest BCUT2D eigenvalue weighted by Crippen LogP contribution is -2.43. The lowest BCUT2D eigenvalue weighted by atomic mass is 9.90. The maximum absolute atomic E-state index is 9.39. The monoisotopic (exact) mass is 363 g/mol. The van der Waals surface area contributed by atoms with Crippen LogP contribution in [0.25, 0.3) is 0 Å². The van der Waals surface area contributed by atoms with Gasteiger partial charge in [-0.15, -0.1) is 0 Å². The third-order valence-corrected chi connectivity index (χ3v) is 5.44. The molecule has 1 rings (SSSR count). The molecule has 0 fully saturated rings. The number of nitrogens with two attached hydrogens (primary N) is 1. The molecule has 150 valence electrons. The van der Waals surface area contributed by atoms with Gasteiger partial charge in [0.2, 0.25) is 0 Å². The maximum atomic E-state index is 9.39. The average Bonchev–Trinajstić information content (AvgIpc) is 2.64. The molecule has 0 spiro atoms. The lowest BCUT2D eigenvalue weighted by Gasteiger charge is -2.25. The molecule has 1 unspecified atom stereocenters. The molecule has 26 heavy (non-hydrogen) atoms. The standard InChI is InChI=1S/C23H41NO2/c1-5-23(24,18-25)16-15-21-11-13-22(14-12-21)26-17-7-10-20(4)9-6-8-19(2)3/h11-14,19-20,25H,5-10,15-18,24H2,1-4H3/t20?,23-/m0/s1. The molecule has 0 bridgehead atoms. The summed E-state index contributed by atoms with van der Waals surface area (Å²) in [7, 11) is 0. The number of benzene rings is 1. The zero-order valence-electron chi connectivity index (χ0n) is 17.5. The number of rotatable bonds is 14. The molecule has 0 saturated carbocycles. The third kappa shape index (κ3) is 9.59. The van der Waals surface area contributed by atoms with Crippen molar-refractivity contribution < 1.29 is 9.84 Å². The van der Waals surface area contributed by atoms with E-state index in [1.54, 1.807) is 0 Å². The Morgan fingerprint density at radius 2 is 1.69 bits per heavy atom. The van der Waals surface area contributed by atoms with Gasteiger partial charge in [-0.1, -0.05) is 59.1 Å². The second-order valence-electron chi connectivity index (χ2n) is 8.44. The smallest absolute Gasteiger partial charge is 0.119 e. The van der Waals surface area contributed by atoms with E-state index in [0.717, 1.165) is 49.9 Å². The van der Waals surface area contributed by atoms with E-state index >= 15 is 0 Å². The maximum Gasteiger partial charge on any atom is 0.119 e. The predicted octanol–water partition coefficient (Wildman–Crippen LogP) is 5.34. The molecule has 3 nitrogen and oxygen atoms in total. The van der Waals surface area contributed by atoms with E-state index in [4.69, 9.17) is 10.5 Å². The van der Waals surface area contributed by atoms with E-state index in [2.05, 4.69) is 32.9 Å². The Kier molecular flexibility index (Phi) is 10.9. The Hall–Kier alpha value is -1.06. The fourth-order valence-corrected chi connectivity index (χ4v) is 3.15. The van der Waals surface area contributed by atoms with Crippen LogP contribution in [-0.4, -0.2) is 23.9 Å². The first-order valence-electron chi connectivity index (χ1n) is 10.5. The van der Waals surface area contributed by atoms with Crippen LogP contribution in [0.1, 0.15) is 78.2 Å². The number of aliphatic hydroxyl groups excluding tert-OH is 1. The van der Waals surface area contributed by atoms with Gasteiger partial charge < -0.3 is 15.6 Å². The molecule has 3 heteroatoms. The van der Waals surface area contributed by atoms with Crippen molar-refractivity contribution in [1.29, 1.82) is 0 Å². The number of hydrogen-bond acceptors (Lipinski definition) is 3. The first-order chi connectivity index (χ1) is 12.4. The van der Waals surface area contributed by atoms with E-state index in [1.807, 2.05) is 19.1 Å². The highest BCUT2D eigenvalue weighted by molar-refractivity contribution is 5.27. The summed E-state index contributed by atoms with van der Waals surface area (Å²) in [4.78, 5) is 0. The van der Waals surface area contributed by atoms with E-state index in [1.165, 1.54) is 31.2 Å². The molecule has 0 aliphatic carbocycles. The molecule has 0 aromatic heterocycles. The third-order valence-electron chi connectivity index (χ3n) is 5.44. The minimum absolute atomic E-state index is 0.0422. The highest BCUT2D eigenvalue weighted by Gasteiger charge is 2.20. The molecular formula is C23H41NO2. The molecule has 1 aromatic rings. The van der Waals surface area contributed by atoms with Gasteiger partial charge >= 0.3 is 0 Å². The van der Waals surface area contributed by atoms with E-state index < -0.39 is 5.54 Å². The van der Waals surface area contributed by atoms with Gasteiger partial charge in [0.25, 0.3) is 0 Å². The number of aryl methyl sites for hydroxylation is 1. The van der Waals surface area contributed by atoms with Crippen molar-refractivity contribution in [2.75, 3.05) is 13.2 Å². The van der Waals surface area contributed by atoms with Gasteiger partial charge in [0.05, 0.1) is 13.2 Å². The summed E-state index contributed by atoms with van der Waals surface area (Å²) in [6.45, 7) is 9.81. The molecule has 0 radical (unpaired) electrons. The van der Waals surface area contributed by atoms with E-state index in [-0.39, 0.29) is 6.61 Å². The summed E-state index contributed by atoms with van der Waals surface area (Å²) in [5.74, 6) is 2.56. The molecule has 1 aromatic carbocycles. The molecular weight excluding hydrogens is 322 g/mol. The van der Waals surface area contributed by atoms with E-state index in [0.29, 0.717) is 0 Å². The number of hydrogen-bond donors (Lipinski definition) is 2. The van der Waals surface area contributed by atoms with Crippen LogP contribution in [0, 0.1) is 11.8 Å². The topological polar surface area (TPSA) is 55.5 Å². The van der Waals surface area contributed by atoms with Crippen molar-refractivity contribution >= 4 is 0 Å². The minimum Gasteiger partial charge on any atom is -0.494 e. The predicted molar refractivity (Wildman–Crippen MR) is 112 cm³/mol. The van der Waals surface area contributed by atoms with Crippen LogP contribution < -0.4 is 10.5 Å². The quantitative estimate of drug-likeness (QED) is 0.439. The highest BCUT2D eigenvalue weighted by atomic mass is 16.5. The van der Waals surface area contributed by atoms with Crippen molar-refractivity contribution in [2.45, 2.75) is 84.6 Å². The first kappa shape index (κ1) is 23.0. The van der Waals surface area contributed by atoms with Crippen molar-refractivity contribution in [3.05, 3.63) is 29.8 Å². The van der Waals surface area contributed by atoms with Crippen LogP contribution in [0.2, 0.25) is 0 Å². The first-order valence-corrected chi connectivity index (χ1v) is 10.5. The normalized spacial score (nSPS) is 15.0. The van der Waals surface area contributed by atoms with Crippen LogP contribution in [0.4, 0.5) is 0 Å². The zero-order chi connectivity index (χ0) is 19.4. The second kappa shape index (κ2) is 12.3. The van der Waals surface area contributed by atoms with Gasteiger partial charge in [-0.2, -0.15) is 0 Å². The fourth-order valence-electron chi connectivity index (χ4n) is 3.15. The van der Waals surface area contributed by atoms with Gasteiger partial charge in [-0.25, -0.2) is 0 Å². The Balaban J connectivity index is 2.22. The molecule has 3 N–H and O–H groups in total. The summed E-state index contributed by atoms with van der Waals surface area (Å²) in [5, 5.41) is 9.39.